The predicted molar refractivity (Wildman–Crippen MR) is 83.1 cm³/mol. The minimum atomic E-state index is -3.02. The number of hydrogen-bond donors (Lipinski definition) is 0. The highest BCUT2D eigenvalue weighted by Crippen LogP contribution is 2.26. The Kier molecular flexibility index (Phi) is 4.25. The number of nitrogens with zero attached hydrogens (tertiary/aromatic N) is 3. The van der Waals surface area contributed by atoms with Gasteiger partial charge in [-0.3, -0.25) is 9.48 Å². The molecule has 0 bridgehead atoms. The van der Waals surface area contributed by atoms with Crippen LogP contribution in [0, 0.1) is 12.8 Å². The molecule has 0 saturated carbocycles. The van der Waals surface area contributed by atoms with Gasteiger partial charge in [0.25, 0.3) is 0 Å². The summed E-state index contributed by atoms with van der Waals surface area (Å²) in [6.45, 7) is 3.43. The molecule has 122 valence electrons. The summed E-state index contributed by atoms with van der Waals surface area (Å²) in [6, 6.07) is 0.129. The SMILES string of the molecule is Cc1cnn(C[C@H]2CCCCN2C(=O)[C@H]2CCS(=O)(=O)C2)c1. The fourth-order valence-corrected chi connectivity index (χ4v) is 5.22. The summed E-state index contributed by atoms with van der Waals surface area (Å²) in [4.78, 5) is 14.6. The van der Waals surface area contributed by atoms with E-state index in [2.05, 4.69) is 5.10 Å². The maximum Gasteiger partial charge on any atom is 0.227 e. The van der Waals surface area contributed by atoms with Gasteiger partial charge in [-0.2, -0.15) is 5.10 Å². The number of carbonyl (C=O) groups excluding carboxylic acids is 1. The minimum absolute atomic E-state index is 0.0228. The molecule has 0 aliphatic carbocycles. The van der Waals surface area contributed by atoms with E-state index in [0.717, 1.165) is 31.4 Å². The summed E-state index contributed by atoms with van der Waals surface area (Å²) in [7, 11) is -3.02. The van der Waals surface area contributed by atoms with E-state index >= 15 is 0 Å². The Morgan fingerprint density at radius 3 is 2.82 bits per heavy atom. The highest BCUT2D eigenvalue weighted by Gasteiger charge is 2.38. The third-order valence-electron chi connectivity index (χ3n) is 4.65. The molecule has 3 heterocycles. The smallest absolute Gasteiger partial charge is 0.227 e. The number of aryl methyl sites for hydroxylation is 1. The van der Waals surface area contributed by atoms with Crippen LogP contribution in [-0.4, -0.2) is 53.1 Å². The van der Waals surface area contributed by atoms with Gasteiger partial charge in [-0.25, -0.2) is 8.42 Å². The lowest BCUT2D eigenvalue weighted by Crippen LogP contribution is -2.48. The summed E-state index contributed by atoms with van der Waals surface area (Å²) in [5.41, 5.74) is 1.11. The zero-order valence-corrected chi connectivity index (χ0v) is 13.8. The molecule has 0 unspecified atom stereocenters. The van der Waals surface area contributed by atoms with E-state index in [1.165, 1.54) is 0 Å². The first-order valence-corrected chi connectivity index (χ1v) is 9.77. The van der Waals surface area contributed by atoms with Crippen LogP contribution in [0.3, 0.4) is 0 Å². The zero-order valence-electron chi connectivity index (χ0n) is 12.9. The topological polar surface area (TPSA) is 72.3 Å². The van der Waals surface area contributed by atoms with Gasteiger partial charge < -0.3 is 4.90 Å². The van der Waals surface area contributed by atoms with E-state index < -0.39 is 9.84 Å². The van der Waals surface area contributed by atoms with Crippen molar-refractivity contribution in [1.29, 1.82) is 0 Å². The molecule has 1 aromatic heterocycles. The van der Waals surface area contributed by atoms with Crippen molar-refractivity contribution in [2.24, 2.45) is 5.92 Å². The fraction of sp³-hybridized carbons (Fsp3) is 0.733. The van der Waals surface area contributed by atoms with Crippen molar-refractivity contribution in [2.75, 3.05) is 18.1 Å². The van der Waals surface area contributed by atoms with Crippen LogP contribution in [0.5, 0.6) is 0 Å². The Morgan fingerprint density at radius 2 is 2.18 bits per heavy atom. The van der Waals surface area contributed by atoms with Crippen molar-refractivity contribution in [2.45, 2.75) is 45.2 Å². The average molecular weight is 325 g/mol. The first kappa shape index (κ1) is 15.5. The largest absolute Gasteiger partial charge is 0.338 e. The van der Waals surface area contributed by atoms with Crippen LogP contribution in [-0.2, 0) is 21.2 Å². The van der Waals surface area contributed by atoms with Gasteiger partial charge in [-0.05, 0) is 38.2 Å². The lowest BCUT2D eigenvalue weighted by Gasteiger charge is -2.37. The summed E-state index contributed by atoms with van der Waals surface area (Å²) < 4.78 is 25.1. The van der Waals surface area contributed by atoms with E-state index in [1.807, 2.05) is 28.9 Å². The van der Waals surface area contributed by atoms with E-state index in [9.17, 15) is 13.2 Å². The molecule has 0 radical (unpaired) electrons. The Hall–Kier alpha value is -1.37. The van der Waals surface area contributed by atoms with E-state index in [1.54, 1.807) is 0 Å². The summed E-state index contributed by atoms with van der Waals surface area (Å²) >= 11 is 0. The molecule has 2 fully saturated rings. The van der Waals surface area contributed by atoms with Crippen molar-refractivity contribution in [3.8, 4) is 0 Å². The second kappa shape index (κ2) is 6.02. The fourth-order valence-electron chi connectivity index (χ4n) is 3.49. The maximum atomic E-state index is 12.7. The third kappa shape index (κ3) is 3.34. The molecule has 2 aliphatic heterocycles. The molecule has 0 spiro atoms. The Balaban J connectivity index is 1.70. The molecule has 1 aromatic rings. The van der Waals surface area contributed by atoms with E-state index in [-0.39, 0.29) is 29.4 Å². The van der Waals surface area contributed by atoms with Crippen molar-refractivity contribution >= 4 is 15.7 Å². The van der Waals surface area contributed by atoms with Crippen LogP contribution in [0.2, 0.25) is 0 Å². The van der Waals surface area contributed by atoms with Crippen LogP contribution >= 0.6 is 0 Å². The summed E-state index contributed by atoms with van der Waals surface area (Å²) in [5.74, 6) is -0.143. The molecule has 0 N–H and O–H groups in total. The van der Waals surface area contributed by atoms with Gasteiger partial charge >= 0.3 is 0 Å². The first-order valence-electron chi connectivity index (χ1n) is 7.94. The molecule has 1 amide bonds. The van der Waals surface area contributed by atoms with Gasteiger partial charge in [-0.1, -0.05) is 0 Å². The number of aromatic nitrogens is 2. The van der Waals surface area contributed by atoms with Crippen molar-refractivity contribution in [1.82, 2.24) is 14.7 Å². The zero-order chi connectivity index (χ0) is 15.7. The standard InChI is InChI=1S/C15H23N3O3S/c1-12-8-16-17(9-12)10-14-4-2-3-6-18(14)15(19)13-5-7-22(20,21)11-13/h8-9,13-14H,2-7,10-11H2,1H3/t13-,14+/m0/s1. The van der Waals surface area contributed by atoms with Crippen LogP contribution in [0.15, 0.2) is 12.4 Å². The normalized spacial score (nSPS) is 28.0. The molecule has 0 aromatic carbocycles. The van der Waals surface area contributed by atoms with Crippen LogP contribution < -0.4 is 0 Å². The molecule has 3 rings (SSSR count). The van der Waals surface area contributed by atoms with Gasteiger partial charge in [0.15, 0.2) is 9.84 Å². The summed E-state index contributed by atoms with van der Waals surface area (Å²) in [5, 5.41) is 4.31. The molecule has 6 nitrogen and oxygen atoms in total. The van der Waals surface area contributed by atoms with Crippen molar-refractivity contribution in [3.05, 3.63) is 18.0 Å². The van der Waals surface area contributed by atoms with Gasteiger partial charge in [0, 0.05) is 12.7 Å². The number of amides is 1. The molecular formula is C15H23N3O3S. The van der Waals surface area contributed by atoms with Crippen molar-refractivity contribution in [3.63, 3.8) is 0 Å². The number of hydrogen-bond acceptors (Lipinski definition) is 4. The molecular weight excluding hydrogens is 302 g/mol. The van der Waals surface area contributed by atoms with Gasteiger partial charge in [0.2, 0.25) is 5.91 Å². The Bertz CT molecular complexity index is 653. The first-order chi connectivity index (χ1) is 10.4. The molecule has 22 heavy (non-hydrogen) atoms. The highest BCUT2D eigenvalue weighted by atomic mass is 32.2. The molecule has 2 aliphatic rings. The molecule has 2 saturated heterocycles. The maximum absolute atomic E-state index is 12.7. The van der Waals surface area contributed by atoms with Gasteiger partial charge in [-0.15, -0.1) is 0 Å². The second-order valence-electron chi connectivity index (χ2n) is 6.52. The monoisotopic (exact) mass is 325 g/mol. The Labute approximate surface area is 131 Å². The highest BCUT2D eigenvalue weighted by molar-refractivity contribution is 7.91. The van der Waals surface area contributed by atoms with E-state index in [0.29, 0.717) is 13.0 Å². The Morgan fingerprint density at radius 1 is 1.36 bits per heavy atom. The molecule has 2 atom stereocenters. The average Bonchev–Trinajstić information content (AvgIpc) is 3.04. The van der Waals surface area contributed by atoms with Gasteiger partial charge in [0.05, 0.1) is 36.2 Å². The number of sulfone groups is 1. The number of likely N-dealkylation sites (tertiary alicyclic amines) is 1. The second-order valence-corrected chi connectivity index (χ2v) is 8.75. The number of carbonyl (C=O) groups is 1. The quantitative estimate of drug-likeness (QED) is 0.831. The van der Waals surface area contributed by atoms with E-state index in [4.69, 9.17) is 0 Å². The summed E-state index contributed by atoms with van der Waals surface area (Å²) in [6.07, 6.45) is 7.35. The van der Waals surface area contributed by atoms with Crippen LogP contribution in [0.25, 0.3) is 0 Å². The minimum Gasteiger partial charge on any atom is -0.338 e. The van der Waals surface area contributed by atoms with Crippen molar-refractivity contribution < 1.29 is 13.2 Å². The number of rotatable bonds is 3. The third-order valence-corrected chi connectivity index (χ3v) is 6.42. The lowest BCUT2D eigenvalue weighted by atomic mass is 9.98. The number of piperidine rings is 1. The van der Waals surface area contributed by atoms with Crippen LogP contribution in [0.4, 0.5) is 0 Å². The molecule has 7 heteroatoms. The lowest BCUT2D eigenvalue weighted by molar-refractivity contribution is -0.138. The predicted octanol–water partition coefficient (Wildman–Crippen LogP) is 1.01. The van der Waals surface area contributed by atoms with Gasteiger partial charge in [0.1, 0.15) is 0 Å². The van der Waals surface area contributed by atoms with Crippen LogP contribution in [0.1, 0.15) is 31.2 Å².